The molecule has 0 spiro atoms. The lowest BCUT2D eigenvalue weighted by Crippen LogP contribution is -2.07. The van der Waals surface area contributed by atoms with Gasteiger partial charge in [-0.25, -0.2) is 0 Å². The van der Waals surface area contributed by atoms with E-state index in [-0.39, 0.29) is 12.0 Å². The van der Waals surface area contributed by atoms with Crippen molar-refractivity contribution in [3.8, 4) is 0 Å². The fourth-order valence-corrected chi connectivity index (χ4v) is 2.07. The number of alkyl halides is 3. The maximum absolute atomic E-state index is 12.4. The van der Waals surface area contributed by atoms with Crippen LogP contribution in [0.5, 0.6) is 0 Å². The number of ketones is 1. The molecule has 1 rings (SSSR count). The minimum absolute atomic E-state index is 0.0212. The zero-order valence-electron chi connectivity index (χ0n) is 9.15. The van der Waals surface area contributed by atoms with E-state index in [2.05, 4.69) is 0 Å². The average Bonchev–Trinajstić information content (AvgIpc) is 2.25. The summed E-state index contributed by atoms with van der Waals surface area (Å²) in [6.07, 6.45) is -0.0212. The van der Waals surface area contributed by atoms with Crippen molar-refractivity contribution in [1.82, 2.24) is 0 Å². The Balaban J connectivity index is 3.39. The van der Waals surface area contributed by atoms with E-state index in [1.165, 1.54) is 13.0 Å². The molecule has 0 saturated heterocycles. The van der Waals surface area contributed by atoms with Crippen LogP contribution in [0.15, 0.2) is 23.1 Å². The summed E-state index contributed by atoms with van der Waals surface area (Å²) in [5, 5.41) is 10.7. The predicted octanol–water partition coefficient (Wildman–Crippen LogP) is 3.80. The van der Waals surface area contributed by atoms with Gasteiger partial charge in [0.15, 0.2) is 5.78 Å². The lowest BCUT2D eigenvalue weighted by molar-refractivity contribution is -0.387. The van der Waals surface area contributed by atoms with Gasteiger partial charge >= 0.3 is 5.51 Å². The molecule has 0 radical (unpaired) electrons. The first-order valence-corrected chi connectivity index (χ1v) is 5.64. The smallest absolute Gasteiger partial charge is 0.294 e. The Kier molecular flexibility index (Phi) is 4.33. The van der Waals surface area contributed by atoms with Crippen molar-refractivity contribution < 1.29 is 22.9 Å². The van der Waals surface area contributed by atoms with Gasteiger partial charge < -0.3 is 0 Å². The van der Waals surface area contributed by atoms with Crippen LogP contribution in [0.1, 0.15) is 23.7 Å². The summed E-state index contributed by atoms with van der Waals surface area (Å²) in [6, 6.07) is 3.30. The van der Waals surface area contributed by atoms with Gasteiger partial charge in [-0.15, -0.1) is 0 Å². The molecule has 0 unspecified atom stereocenters. The van der Waals surface area contributed by atoms with Crippen molar-refractivity contribution in [1.29, 1.82) is 0 Å². The van der Waals surface area contributed by atoms with Crippen molar-refractivity contribution in [2.45, 2.75) is 23.7 Å². The van der Waals surface area contributed by atoms with Crippen LogP contribution in [-0.4, -0.2) is 16.2 Å². The number of halogens is 3. The summed E-state index contributed by atoms with van der Waals surface area (Å²) >= 11 is -0.636. The van der Waals surface area contributed by atoms with E-state index in [1.807, 2.05) is 0 Å². The molecule has 0 aliphatic carbocycles. The zero-order valence-corrected chi connectivity index (χ0v) is 9.97. The van der Waals surface area contributed by atoms with Crippen molar-refractivity contribution in [3.63, 3.8) is 0 Å². The lowest BCUT2D eigenvalue weighted by atomic mass is 10.1. The second-order valence-electron chi connectivity index (χ2n) is 3.24. The van der Waals surface area contributed by atoms with Gasteiger partial charge in [0.1, 0.15) is 4.90 Å². The van der Waals surface area contributed by atoms with Crippen molar-refractivity contribution >= 4 is 23.2 Å². The molecule has 1 aromatic carbocycles. The molecule has 0 aliphatic heterocycles. The van der Waals surface area contributed by atoms with Crippen LogP contribution in [0.3, 0.4) is 0 Å². The Morgan fingerprint density at radius 1 is 1.44 bits per heavy atom. The standard InChI is InChI=1S/C10H8F3NO3S/c1-2-8(15)6-4-3-5-7(14(16)17)9(6)18-10(11,12)13/h3-5H,2H2,1H3. The van der Waals surface area contributed by atoms with Crippen LogP contribution in [-0.2, 0) is 0 Å². The molecule has 0 aromatic heterocycles. The van der Waals surface area contributed by atoms with Gasteiger partial charge in [-0.05, 0) is 17.8 Å². The molecule has 0 heterocycles. The first kappa shape index (κ1) is 14.5. The maximum atomic E-state index is 12.4. The molecule has 18 heavy (non-hydrogen) atoms. The number of rotatable bonds is 4. The molecule has 0 bridgehead atoms. The van der Waals surface area contributed by atoms with E-state index in [1.54, 1.807) is 0 Å². The second kappa shape index (κ2) is 5.38. The zero-order chi connectivity index (χ0) is 13.9. The molecular weight excluding hydrogens is 271 g/mol. The Labute approximate surface area is 104 Å². The molecule has 1 aromatic rings. The summed E-state index contributed by atoms with van der Waals surface area (Å²) in [5.41, 5.74) is -5.67. The Morgan fingerprint density at radius 2 is 2.06 bits per heavy atom. The average molecular weight is 279 g/mol. The normalized spacial score (nSPS) is 11.3. The summed E-state index contributed by atoms with van der Waals surface area (Å²) in [6.45, 7) is 1.48. The number of carbonyl (C=O) groups excluding carboxylic acids is 1. The van der Waals surface area contributed by atoms with E-state index in [0.717, 1.165) is 12.1 Å². The molecule has 4 nitrogen and oxygen atoms in total. The highest BCUT2D eigenvalue weighted by atomic mass is 32.2. The highest BCUT2D eigenvalue weighted by molar-refractivity contribution is 8.00. The SMILES string of the molecule is CCC(=O)c1cccc([N+](=O)[O-])c1SC(F)(F)F. The molecule has 98 valence electrons. The van der Waals surface area contributed by atoms with Crippen LogP contribution in [0.25, 0.3) is 0 Å². The molecule has 0 amide bonds. The number of Topliss-reactive ketones (excluding diaryl/α,β-unsaturated/α-hetero) is 1. The van der Waals surface area contributed by atoms with Crippen LogP contribution < -0.4 is 0 Å². The molecule has 0 fully saturated rings. The van der Waals surface area contributed by atoms with Gasteiger partial charge in [-0.1, -0.05) is 13.0 Å². The van der Waals surface area contributed by atoms with Crippen LogP contribution in [0, 0.1) is 10.1 Å². The predicted molar refractivity (Wildman–Crippen MR) is 59.6 cm³/mol. The van der Waals surface area contributed by atoms with Gasteiger partial charge in [0.05, 0.1) is 4.92 Å². The lowest BCUT2D eigenvalue weighted by Gasteiger charge is -2.10. The number of benzene rings is 1. The van der Waals surface area contributed by atoms with E-state index in [0.29, 0.717) is 0 Å². The van der Waals surface area contributed by atoms with Crippen LogP contribution in [0.2, 0.25) is 0 Å². The number of thioether (sulfide) groups is 1. The Hall–Kier alpha value is -1.57. The van der Waals surface area contributed by atoms with E-state index < -0.39 is 38.6 Å². The molecule has 8 heteroatoms. The Morgan fingerprint density at radius 3 is 2.50 bits per heavy atom. The number of nitro groups is 1. The second-order valence-corrected chi connectivity index (χ2v) is 4.31. The van der Waals surface area contributed by atoms with Gasteiger partial charge in [0, 0.05) is 18.1 Å². The number of hydrogen-bond acceptors (Lipinski definition) is 4. The van der Waals surface area contributed by atoms with Crippen LogP contribution in [0.4, 0.5) is 18.9 Å². The molecule has 0 N–H and O–H groups in total. The maximum Gasteiger partial charge on any atom is 0.446 e. The van der Waals surface area contributed by atoms with Gasteiger partial charge in [-0.3, -0.25) is 14.9 Å². The monoisotopic (exact) mass is 279 g/mol. The summed E-state index contributed by atoms with van der Waals surface area (Å²) in [4.78, 5) is 20.6. The topological polar surface area (TPSA) is 60.2 Å². The third-order valence-corrected chi connectivity index (χ3v) is 2.89. The van der Waals surface area contributed by atoms with Crippen molar-refractivity contribution in [2.75, 3.05) is 0 Å². The molecule has 0 aliphatic rings. The van der Waals surface area contributed by atoms with Gasteiger partial charge in [0.2, 0.25) is 0 Å². The van der Waals surface area contributed by atoms with E-state index >= 15 is 0 Å². The fourth-order valence-electron chi connectivity index (χ4n) is 1.30. The fraction of sp³-hybridized carbons (Fsp3) is 0.300. The minimum Gasteiger partial charge on any atom is -0.294 e. The third kappa shape index (κ3) is 3.46. The Bertz CT molecular complexity index is 488. The number of carbonyl (C=O) groups is 1. The largest absolute Gasteiger partial charge is 0.446 e. The summed E-state index contributed by atoms with van der Waals surface area (Å²) < 4.78 is 37.1. The van der Waals surface area contributed by atoms with Crippen molar-refractivity contribution in [3.05, 3.63) is 33.9 Å². The first-order valence-electron chi connectivity index (χ1n) is 4.82. The van der Waals surface area contributed by atoms with E-state index in [9.17, 15) is 28.1 Å². The molecule has 0 saturated carbocycles. The van der Waals surface area contributed by atoms with Crippen molar-refractivity contribution in [2.24, 2.45) is 0 Å². The van der Waals surface area contributed by atoms with E-state index in [4.69, 9.17) is 0 Å². The summed E-state index contributed by atoms with van der Waals surface area (Å²) in [7, 11) is 0. The quantitative estimate of drug-likeness (QED) is 0.364. The minimum atomic E-state index is -4.69. The molecular formula is C10H8F3NO3S. The highest BCUT2D eigenvalue weighted by Crippen LogP contribution is 2.43. The molecule has 0 atom stereocenters. The van der Waals surface area contributed by atoms with Crippen LogP contribution >= 0.6 is 11.8 Å². The first-order chi connectivity index (χ1) is 8.26. The van der Waals surface area contributed by atoms with Gasteiger partial charge in [0.25, 0.3) is 5.69 Å². The number of hydrogen-bond donors (Lipinski definition) is 0. The van der Waals surface area contributed by atoms with Gasteiger partial charge in [-0.2, -0.15) is 13.2 Å². The highest BCUT2D eigenvalue weighted by Gasteiger charge is 2.35. The summed E-state index contributed by atoms with van der Waals surface area (Å²) in [5.74, 6) is -0.564. The third-order valence-electron chi connectivity index (χ3n) is 2.03. The number of nitro benzene ring substituents is 1. The number of nitrogens with zero attached hydrogens (tertiary/aromatic N) is 1.